The molecular formula is C18H27ClN2O2. The first-order valence-corrected chi connectivity index (χ1v) is 9.03. The minimum absolute atomic E-state index is 0.161. The van der Waals surface area contributed by atoms with E-state index in [-0.39, 0.29) is 5.75 Å². The second kappa shape index (κ2) is 7.84. The summed E-state index contributed by atoms with van der Waals surface area (Å²) in [4.78, 5) is 5.08. The average Bonchev–Trinajstić information content (AvgIpc) is 2.59. The van der Waals surface area contributed by atoms with Crippen molar-refractivity contribution in [3.8, 4) is 5.75 Å². The molecule has 3 rings (SSSR count). The number of hydrogen-bond donors (Lipinski definition) is 1. The van der Waals surface area contributed by atoms with Gasteiger partial charge in [-0.15, -0.1) is 0 Å². The lowest BCUT2D eigenvalue weighted by molar-refractivity contribution is -0.00192. The topological polar surface area (TPSA) is 35.9 Å². The van der Waals surface area contributed by atoms with Crippen LogP contribution in [-0.4, -0.2) is 60.3 Å². The van der Waals surface area contributed by atoms with Crippen LogP contribution >= 0.6 is 11.6 Å². The Hall–Kier alpha value is -0.810. The highest BCUT2D eigenvalue weighted by Crippen LogP contribution is 2.27. The highest BCUT2D eigenvalue weighted by molar-refractivity contribution is 6.32. The Kier molecular flexibility index (Phi) is 5.81. The summed E-state index contributed by atoms with van der Waals surface area (Å²) in [7, 11) is 0. The summed E-state index contributed by atoms with van der Waals surface area (Å²) in [6.45, 7) is 9.48. The predicted molar refractivity (Wildman–Crippen MR) is 93.0 cm³/mol. The van der Waals surface area contributed by atoms with Gasteiger partial charge in [0, 0.05) is 25.7 Å². The molecule has 0 amide bonds. The molecule has 0 radical (unpaired) electrons. The zero-order chi connectivity index (χ0) is 16.2. The van der Waals surface area contributed by atoms with E-state index in [1.807, 2.05) is 12.1 Å². The van der Waals surface area contributed by atoms with E-state index in [1.165, 1.54) is 18.4 Å². The van der Waals surface area contributed by atoms with Gasteiger partial charge in [-0.1, -0.05) is 17.7 Å². The monoisotopic (exact) mass is 338 g/mol. The van der Waals surface area contributed by atoms with Crippen LogP contribution in [0.5, 0.6) is 5.75 Å². The molecule has 5 heteroatoms. The molecular weight excluding hydrogens is 312 g/mol. The van der Waals surface area contributed by atoms with Gasteiger partial charge in [-0.25, -0.2) is 0 Å². The highest BCUT2D eigenvalue weighted by Gasteiger charge is 2.28. The number of likely N-dealkylation sites (tertiary alicyclic amines) is 1. The van der Waals surface area contributed by atoms with Gasteiger partial charge in [0.2, 0.25) is 0 Å². The van der Waals surface area contributed by atoms with Gasteiger partial charge in [0.1, 0.15) is 5.75 Å². The summed E-state index contributed by atoms with van der Waals surface area (Å²) in [5.41, 5.74) is 1.17. The first-order chi connectivity index (χ1) is 11.1. The molecule has 1 atom stereocenters. The van der Waals surface area contributed by atoms with Crippen molar-refractivity contribution in [3.05, 3.63) is 28.8 Å². The van der Waals surface area contributed by atoms with E-state index in [4.69, 9.17) is 16.3 Å². The molecule has 2 saturated heterocycles. The Labute approximate surface area is 144 Å². The summed E-state index contributed by atoms with van der Waals surface area (Å²) < 4.78 is 5.46. The number of nitrogens with zero attached hydrogens (tertiary/aromatic N) is 2. The molecule has 2 fully saturated rings. The molecule has 0 aliphatic carbocycles. The van der Waals surface area contributed by atoms with Crippen molar-refractivity contribution < 1.29 is 9.84 Å². The normalized spacial score (nSPS) is 23.0. The van der Waals surface area contributed by atoms with Gasteiger partial charge < -0.3 is 9.84 Å². The maximum atomic E-state index is 9.51. The number of phenolic OH excluding ortho intramolecular Hbond substituents is 1. The lowest BCUT2D eigenvalue weighted by Crippen LogP contribution is -2.48. The lowest BCUT2D eigenvalue weighted by Gasteiger charge is -2.41. The zero-order valence-electron chi connectivity index (χ0n) is 13.9. The van der Waals surface area contributed by atoms with Crippen molar-refractivity contribution >= 4 is 11.6 Å². The molecule has 1 unspecified atom stereocenters. The number of aromatic hydroxyl groups is 1. The third kappa shape index (κ3) is 4.38. The van der Waals surface area contributed by atoms with E-state index in [0.29, 0.717) is 11.1 Å². The molecule has 2 aliphatic rings. The van der Waals surface area contributed by atoms with Crippen LogP contribution in [0.15, 0.2) is 18.2 Å². The Morgan fingerprint density at radius 2 is 1.91 bits per heavy atom. The molecule has 1 aromatic carbocycles. The maximum Gasteiger partial charge on any atom is 0.134 e. The molecule has 4 nitrogen and oxygen atoms in total. The van der Waals surface area contributed by atoms with Gasteiger partial charge in [-0.05, 0) is 56.5 Å². The third-order valence-electron chi connectivity index (χ3n) is 5.35. The number of morpholine rings is 1. The molecule has 2 heterocycles. The van der Waals surface area contributed by atoms with E-state index >= 15 is 0 Å². The van der Waals surface area contributed by atoms with Gasteiger partial charge in [0.25, 0.3) is 0 Å². The standard InChI is InChI=1S/C18H27ClN2O2/c1-14(21-8-10-23-11-9-21)16-4-6-20(7-5-16)13-15-2-3-18(22)17(19)12-15/h2-3,12,14,16,22H,4-11,13H2,1H3. The fraction of sp³-hybridized carbons (Fsp3) is 0.667. The number of rotatable bonds is 4. The van der Waals surface area contributed by atoms with Gasteiger partial charge in [0.15, 0.2) is 0 Å². The molecule has 1 aromatic rings. The Morgan fingerprint density at radius 3 is 2.57 bits per heavy atom. The average molecular weight is 339 g/mol. The van der Waals surface area contributed by atoms with Crippen molar-refractivity contribution in [1.29, 1.82) is 0 Å². The van der Waals surface area contributed by atoms with E-state index in [1.54, 1.807) is 6.07 Å². The minimum Gasteiger partial charge on any atom is -0.506 e. The van der Waals surface area contributed by atoms with Crippen LogP contribution in [0, 0.1) is 5.92 Å². The molecule has 0 aromatic heterocycles. The molecule has 0 spiro atoms. The van der Waals surface area contributed by atoms with Crippen molar-refractivity contribution in [1.82, 2.24) is 9.80 Å². The second-order valence-electron chi connectivity index (χ2n) is 6.79. The lowest BCUT2D eigenvalue weighted by atomic mass is 9.89. The van der Waals surface area contributed by atoms with Crippen LogP contribution in [0.25, 0.3) is 0 Å². The molecule has 0 bridgehead atoms. The SMILES string of the molecule is CC(C1CCN(Cc2ccc(O)c(Cl)c2)CC1)N1CCOCC1. The maximum absolute atomic E-state index is 9.51. The van der Waals surface area contributed by atoms with Crippen LogP contribution in [0.4, 0.5) is 0 Å². The van der Waals surface area contributed by atoms with Crippen molar-refractivity contribution in [2.45, 2.75) is 32.4 Å². The van der Waals surface area contributed by atoms with Gasteiger partial charge in [0.05, 0.1) is 18.2 Å². The molecule has 23 heavy (non-hydrogen) atoms. The van der Waals surface area contributed by atoms with E-state index in [0.717, 1.165) is 51.9 Å². The number of phenols is 1. The Balaban J connectivity index is 1.48. The third-order valence-corrected chi connectivity index (χ3v) is 5.66. The van der Waals surface area contributed by atoms with Gasteiger partial charge in [-0.2, -0.15) is 0 Å². The van der Waals surface area contributed by atoms with Crippen LogP contribution in [-0.2, 0) is 11.3 Å². The molecule has 0 saturated carbocycles. The van der Waals surface area contributed by atoms with Crippen LogP contribution in [0.3, 0.4) is 0 Å². The summed E-state index contributed by atoms with van der Waals surface area (Å²) in [5, 5.41) is 9.95. The summed E-state index contributed by atoms with van der Waals surface area (Å²) in [5.74, 6) is 0.946. The van der Waals surface area contributed by atoms with E-state index in [2.05, 4.69) is 16.7 Å². The van der Waals surface area contributed by atoms with Gasteiger partial charge in [-0.3, -0.25) is 9.80 Å². The first-order valence-electron chi connectivity index (χ1n) is 8.65. The zero-order valence-corrected chi connectivity index (χ0v) is 14.6. The number of hydrogen-bond acceptors (Lipinski definition) is 4. The molecule has 1 N–H and O–H groups in total. The Bertz CT molecular complexity index is 512. The summed E-state index contributed by atoms with van der Waals surface area (Å²) in [6, 6.07) is 6.18. The fourth-order valence-electron chi connectivity index (χ4n) is 3.78. The van der Waals surface area contributed by atoms with Crippen molar-refractivity contribution in [2.24, 2.45) is 5.92 Å². The first kappa shape index (κ1) is 17.0. The van der Waals surface area contributed by atoms with Crippen LogP contribution < -0.4 is 0 Å². The highest BCUT2D eigenvalue weighted by atomic mass is 35.5. The fourth-order valence-corrected chi connectivity index (χ4v) is 3.99. The summed E-state index contributed by atoms with van der Waals surface area (Å²) >= 11 is 6.00. The quantitative estimate of drug-likeness (QED) is 0.915. The van der Waals surface area contributed by atoms with Crippen LogP contribution in [0.1, 0.15) is 25.3 Å². The predicted octanol–water partition coefficient (Wildman–Crippen LogP) is 2.98. The van der Waals surface area contributed by atoms with Gasteiger partial charge >= 0.3 is 0 Å². The number of piperidine rings is 1. The van der Waals surface area contributed by atoms with E-state index in [9.17, 15) is 5.11 Å². The van der Waals surface area contributed by atoms with Crippen LogP contribution in [0.2, 0.25) is 5.02 Å². The van der Waals surface area contributed by atoms with Crippen molar-refractivity contribution in [3.63, 3.8) is 0 Å². The number of benzene rings is 1. The van der Waals surface area contributed by atoms with E-state index < -0.39 is 0 Å². The van der Waals surface area contributed by atoms with Crippen molar-refractivity contribution in [2.75, 3.05) is 39.4 Å². The molecule has 2 aliphatic heterocycles. The smallest absolute Gasteiger partial charge is 0.134 e. The Morgan fingerprint density at radius 1 is 1.22 bits per heavy atom. The number of halogens is 1. The number of ether oxygens (including phenoxy) is 1. The minimum atomic E-state index is 0.161. The molecule has 128 valence electrons. The summed E-state index contributed by atoms with van der Waals surface area (Å²) in [6.07, 6.45) is 2.51. The largest absolute Gasteiger partial charge is 0.506 e. The second-order valence-corrected chi connectivity index (χ2v) is 7.20.